The Hall–Kier alpha value is -3.11. The number of hydrogen-bond donors (Lipinski definition) is 1. The highest BCUT2D eigenvalue weighted by Gasteiger charge is 2.32. The summed E-state index contributed by atoms with van der Waals surface area (Å²) in [7, 11) is 0. The lowest BCUT2D eigenvalue weighted by Gasteiger charge is -2.33. The molecule has 4 nitrogen and oxygen atoms in total. The molecule has 4 rings (SSSR count). The van der Waals surface area contributed by atoms with Gasteiger partial charge in [0.25, 0.3) is 0 Å². The molecule has 3 aromatic rings. The van der Waals surface area contributed by atoms with E-state index in [0.717, 1.165) is 47.9 Å². The van der Waals surface area contributed by atoms with Crippen LogP contribution in [0.25, 0.3) is 0 Å². The van der Waals surface area contributed by atoms with Crippen molar-refractivity contribution in [2.75, 3.05) is 0 Å². The number of hydrogen-bond acceptors (Lipinski definition) is 2. The van der Waals surface area contributed by atoms with Crippen LogP contribution in [0.2, 0.25) is 5.02 Å². The van der Waals surface area contributed by atoms with E-state index in [-0.39, 0.29) is 24.3 Å². The molecular weight excluding hydrogens is 456 g/mol. The van der Waals surface area contributed by atoms with E-state index in [1.807, 2.05) is 79.7 Å². The maximum Gasteiger partial charge on any atom is 0.243 e. The number of aryl methyl sites for hydroxylation is 1. The fraction of sp³-hybridized carbons (Fsp3) is 0.333. The molecule has 0 saturated heterocycles. The third kappa shape index (κ3) is 6.73. The molecule has 1 saturated carbocycles. The molecule has 0 radical (unpaired) electrons. The van der Waals surface area contributed by atoms with Crippen molar-refractivity contribution < 1.29 is 9.59 Å². The van der Waals surface area contributed by atoms with Crippen molar-refractivity contribution >= 4 is 23.4 Å². The average Bonchev–Trinajstić information content (AvgIpc) is 3.37. The van der Waals surface area contributed by atoms with Crippen LogP contribution in [0.15, 0.2) is 78.9 Å². The molecule has 0 heterocycles. The zero-order valence-electron chi connectivity index (χ0n) is 20.3. The van der Waals surface area contributed by atoms with Gasteiger partial charge in [-0.25, -0.2) is 0 Å². The lowest BCUT2D eigenvalue weighted by Crippen LogP contribution is -2.52. The van der Waals surface area contributed by atoms with Gasteiger partial charge in [-0.1, -0.05) is 97.2 Å². The van der Waals surface area contributed by atoms with Crippen LogP contribution in [0.5, 0.6) is 0 Å². The monoisotopic (exact) mass is 488 g/mol. The van der Waals surface area contributed by atoms with Crippen LogP contribution in [0, 0.1) is 6.92 Å². The van der Waals surface area contributed by atoms with Crippen molar-refractivity contribution in [3.05, 3.63) is 106 Å². The summed E-state index contributed by atoms with van der Waals surface area (Å²) in [6.45, 7) is 2.41. The zero-order chi connectivity index (χ0) is 24.6. The number of benzene rings is 3. The van der Waals surface area contributed by atoms with Crippen LogP contribution >= 0.6 is 11.6 Å². The SMILES string of the molecule is Cc1ccccc1CN(C(=O)Cc1ccccc1Cl)C(Cc1ccccc1)C(=O)NC1CCCC1. The molecule has 1 unspecified atom stereocenters. The maximum atomic E-state index is 13.8. The number of nitrogens with zero attached hydrogens (tertiary/aromatic N) is 1. The Morgan fingerprint density at radius 3 is 2.23 bits per heavy atom. The quantitative estimate of drug-likeness (QED) is 0.408. The lowest BCUT2D eigenvalue weighted by molar-refractivity contribution is -0.141. The van der Waals surface area contributed by atoms with Gasteiger partial charge in [-0.2, -0.15) is 0 Å². The molecule has 0 aromatic heterocycles. The minimum absolute atomic E-state index is 0.0816. The minimum atomic E-state index is -0.618. The molecule has 1 N–H and O–H groups in total. The normalized spacial score (nSPS) is 14.5. The standard InChI is InChI=1S/C30H33ClN2O2/c1-22-11-5-6-15-25(22)21-33(29(34)20-24-14-7-10-18-27(24)31)28(19-23-12-3-2-4-13-23)30(35)32-26-16-8-9-17-26/h2-7,10-15,18,26,28H,8-9,16-17,19-21H2,1H3,(H,32,35). The molecule has 1 aliphatic rings. The number of nitrogens with one attached hydrogen (secondary N) is 1. The van der Waals surface area contributed by atoms with Crippen LogP contribution in [0.1, 0.15) is 47.9 Å². The lowest BCUT2D eigenvalue weighted by atomic mass is 10.00. The van der Waals surface area contributed by atoms with Crippen LogP contribution < -0.4 is 5.32 Å². The Bertz CT molecular complexity index is 1140. The van der Waals surface area contributed by atoms with Crippen LogP contribution in [0.3, 0.4) is 0 Å². The highest BCUT2D eigenvalue weighted by Crippen LogP contribution is 2.23. The topological polar surface area (TPSA) is 49.4 Å². The summed E-state index contributed by atoms with van der Waals surface area (Å²) in [5.74, 6) is -0.189. The van der Waals surface area contributed by atoms with Gasteiger partial charge < -0.3 is 10.2 Å². The van der Waals surface area contributed by atoms with E-state index in [4.69, 9.17) is 11.6 Å². The van der Waals surface area contributed by atoms with Crippen LogP contribution in [-0.4, -0.2) is 28.8 Å². The largest absolute Gasteiger partial charge is 0.352 e. The second kappa shape index (κ2) is 12.0. The summed E-state index contributed by atoms with van der Waals surface area (Å²) in [5.41, 5.74) is 3.92. The van der Waals surface area contributed by atoms with Gasteiger partial charge >= 0.3 is 0 Å². The van der Waals surface area contributed by atoms with E-state index in [9.17, 15) is 9.59 Å². The molecule has 0 aliphatic heterocycles. The van der Waals surface area contributed by atoms with Gasteiger partial charge in [-0.15, -0.1) is 0 Å². The first-order chi connectivity index (χ1) is 17.0. The van der Waals surface area contributed by atoms with Crippen molar-refractivity contribution in [3.8, 4) is 0 Å². The Labute approximate surface area is 213 Å². The molecule has 182 valence electrons. The summed E-state index contributed by atoms with van der Waals surface area (Å²) < 4.78 is 0. The molecule has 5 heteroatoms. The molecule has 0 spiro atoms. The molecule has 35 heavy (non-hydrogen) atoms. The summed E-state index contributed by atoms with van der Waals surface area (Å²) in [5, 5.41) is 3.81. The van der Waals surface area contributed by atoms with E-state index in [1.54, 1.807) is 11.0 Å². The van der Waals surface area contributed by atoms with Crippen molar-refractivity contribution in [3.63, 3.8) is 0 Å². The summed E-state index contributed by atoms with van der Waals surface area (Å²) in [6.07, 6.45) is 4.86. The fourth-order valence-electron chi connectivity index (χ4n) is 4.80. The predicted octanol–water partition coefficient (Wildman–Crippen LogP) is 5.89. The smallest absolute Gasteiger partial charge is 0.243 e. The highest BCUT2D eigenvalue weighted by molar-refractivity contribution is 6.31. The summed E-state index contributed by atoms with van der Waals surface area (Å²) in [4.78, 5) is 29.3. The predicted molar refractivity (Wildman–Crippen MR) is 141 cm³/mol. The van der Waals surface area contributed by atoms with Crippen LogP contribution in [-0.2, 0) is 29.0 Å². The van der Waals surface area contributed by atoms with Gasteiger partial charge in [0.15, 0.2) is 0 Å². The first-order valence-corrected chi connectivity index (χ1v) is 12.8. The maximum absolute atomic E-state index is 13.8. The molecule has 3 aromatic carbocycles. The Morgan fingerprint density at radius 2 is 1.54 bits per heavy atom. The van der Waals surface area contributed by atoms with Crippen molar-refractivity contribution in [1.29, 1.82) is 0 Å². The molecular formula is C30H33ClN2O2. The van der Waals surface area contributed by atoms with E-state index in [0.29, 0.717) is 18.0 Å². The molecule has 1 fully saturated rings. The Balaban J connectivity index is 1.68. The van der Waals surface area contributed by atoms with Gasteiger partial charge in [-0.3, -0.25) is 9.59 Å². The first kappa shape index (κ1) is 25.0. The molecule has 0 bridgehead atoms. The van der Waals surface area contributed by atoms with Gasteiger partial charge in [0.2, 0.25) is 11.8 Å². The van der Waals surface area contributed by atoms with Crippen molar-refractivity contribution in [2.24, 2.45) is 0 Å². The fourth-order valence-corrected chi connectivity index (χ4v) is 5.00. The number of carbonyl (C=O) groups is 2. The van der Waals surface area contributed by atoms with E-state index in [1.165, 1.54) is 0 Å². The Morgan fingerprint density at radius 1 is 0.914 bits per heavy atom. The van der Waals surface area contributed by atoms with E-state index >= 15 is 0 Å². The minimum Gasteiger partial charge on any atom is -0.352 e. The van der Waals surface area contributed by atoms with E-state index in [2.05, 4.69) is 5.32 Å². The first-order valence-electron chi connectivity index (χ1n) is 12.4. The highest BCUT2D eigenvalue weighted by atomic mass is 35.5. The van der Waals surface area contributed by atoms with Crippen molar-refractivity contribution in [2.45, 2.75) is 64.1 Å². The third-order valence-corrected chi connectivity index (χ3v) is 7.24. The van der Waals surface area contributed by atoms with E-state index < -0.39 is 6.04 Å². The van der Waals surface area contributed by atoms with Gasteiger partial charge in [0, 0.05) is 24.0 Å². The Kier molecular flexibility index (Phi) is 8.59. The molecule has 2 amide bonds. The summed E-state index contributed by atoms with van der Waals surface area (Å²) >= 11 is 6.39. The number of halogens is 1. The number of carbonyl (C=O) groups excluding carboxylic acids is 2. The number of amides is 2. The summed E-state index contributed by atoms with van der Waals surface area (Å²) in [6, 6.07) is 24.9. The van der Waals surface area contributed by atoms with Gasteiger partial charge in [0.05, 0.1) is 6.42 Å². The number of rotatable bonds is 9. The zero-order valence-corrected chi connectivity index (χ0v) is 21.0. The van der Waals surface area contributed by atoms with Gasteiger partial charge in [-0.05, 0) is 48.1 Å². The van der Waals surface area contributed by atoms with Crippen molar-refractivity contribution in [1.82, 2.24) is 10.2 Å². The molecule has 1 atom stereocenters. The average molecular weight is 489 g/mol. The van der Waals surface area contributed by atoms with Gasteiger partial charge in [0.1, 0.15) is 6.04 Å². The second-order valence-corrected chi connectivity index (χ2v) is 9.82. The van der Waals surface area contributed by atoms with Crippen LogP contribution in [0.4, 0.5) is 0 Å². The molecule has 1 aliphatic carbocycles. The third-order valence-electron chi connectivity index (χ3n) is 6.87. The second-order valence-electron chi connectivity index (χ2n) is 9.41.